The second-order valence-corrected chi connectivity index (χ2v) is 5.47. The molecular formula is C19H21ClN4O. The summed E-state index contributed by atoms with van der Waals surface area (Å²) in [6.45, 7) is 1.37. The van der Waals surface area contributed by atoms with E-state index in [2.05, 4.69) is 20.8 Å². The summed E-state index contributed by atoms with van der Waals surface area (Å²) in [5, 5.41) is 14.3. The number of aromatic nitrogens is 2. The summed E-state index contributed by atoms with van der Waals surface area (Å²) >= 11 is 0. The Morgan fingerprint density at radius 2 is 1.84 bits per heavy atom. The van der Waals surface area contributed by atoms with Gasteiger partial charge < -0.3 is 10.6 Å². The van der Waals surface area contributed by atoms with E-state index in [0.717, 1.165) is 28.7 Å². The summed E-state index contributed by atoms with van der Waals surface area (Å²) < 4.78 is 0. The first-order valence-electron chi connectivity index (χ1n) is 7.92. The number of likely N-dealkylation sites (N-methyl/N-ethyl adjacent to an activating group) is 1. The molecule has 0 fully saturated rings. The third-order valence-electron chi connectivity index (χ3n) is 3.77. The van der Waals surface area contributed by atoms with Crippen LogP contribution in [0.3, 0.4) is 0 Å². The molecular weight excluding hydrogens is 336 g/mol. The number of H-pyrrole nitrogens is 1. The summed E-state index contributed by atoms with van der Waals surface area (Å²) in [7, 11) is 1.86. The molecule has 0 saturated carbocycles. The molecule has 0 saturated heterocycles. The third-order valence-corrected chi connectivity index (χ3v) is 3.77. The van der Waals surface area contributed by atoms with E-state index in [1.54, 1.807) is 0 Å². The van der Waals surface area contributed by atoms with Gasteiger partial charge in [0, 0.05) is 24.0 Å². The quantitative estimate of drug-likeness (QED) is 0.594. The van der Waals surface area contributed by atoms with Crippen LogP contribution in [0.4, 0.5) is 0 Å². The van der Waals surface area contributed by atoms with Crippen molar-refractivity contribution in [1.29, 1.82) is 0 Å². The molecule has 1 amide bonds. The zero-order valence-corrected chi connectivity index (χ0v) is 14.8. The average Bonchev–Trinajstić information content (AvgIpc) is 3.04. The molecule has 0 unspecified atom stereocenters. The molecule has 5 nitrogen and oxygen atoms in total. The number of carbonyl (C=O) groups is 1. The number of halogens is 1. The van der Waals surface area contributed by atoms with Gasteiger partial charge in [0.25, 0.3) is 5.91 Å². The second-order valence-electron chi connectivity index (χ2n) is 5.47. The van der Waals surface area contributed by atoms with E-state index in [1.807, 2.05) is 67.7 Å². The van der Waals surface area contributed by atoms with Crippen LogP contribution in [0.25, 0.3) is 23.1 Å². The molecule has 0 aliphatic carbocycles. The number of nitrogens with one attached hydrogen (secondary N) is 3. The van der Waals surface area contributed by atoms with Crippen molar-refractivity contribution in [3.05, 3.63) is 65.4 Å². The van der Waals surface area contributed by atoms with Crippen molar-refractivity contribution in [2.45, 2.75) is 0 Å². The number of nitrogens with zero attached hydrogens (tertiary/aromatic N) is 1. The van der Waals surface area contributed by atoms with Crippen molar-refractivity contribution in [2.75, 3.05) is 20.1 Å². The first-order valence-corrected chi connectivity index (χ1v) is 7.92. The minimum Gasteiger partial charge on any atom is -0.351 e. The highest BCUT2D eigenvalue weighted by Gasteiger charge is 2.04. The highest BCUT2D eigenvalue weighted by Crippen LogP contribution is 2.17. The molecule has 0 radical (unpaired) electrons. The predicted octanol–water partition coefficient (Wildman–Crippen LogP) is 3.10. The van der Waals surface area contributed by atoms with E-state index in [-0.39, 0.29) is 18.3 Å². The highest BCUT2D eigenvalue weighted by atomic mass is 35.5. The van der Waals surface area contributed by atoms with Crippen LogP contribution in [-0.4, -0.2) is 36.2 Å². The van der Waals surface area contributed by atoms with Gasteiger partial charge in [-0.2, -0.15) is 5.10 Å². The van der Waals surface area contributed by atoms with E-state index in [0.29, 0.717) is 12.1 Å². The standard InChI is InChI=1S/C19H20N4O.ClH/c1-20-12-13-21-19(24)15-9-6-14(7-10-15)8-11-18-16-4-2-3-5-17(16)22-23-18;/h2-11,20H,12-13H2,1H3,(H,21,24)(H,22,23);1H. The molecule has 1 heterocycles. The summed E-state index contributed by atoms with van der Waals surface area (Å²) in [6, 6.07) is 15.5. The van der Waals surface area contributed by atoms with Crippen LogP contribution in [0.2, 0.25) is 0 Å². The molecule has 0 atom stereocenters. The van der Waals surface area contributed by atoms with Crippen molar-refractivity contribution < 1.29 is 4.79 Å². The molecule has 0 aliphatic rings. The van der Waals surface area contributed by atoms with Crippen molar-refractivity contribution in [2.24, 2.45) is 0 Å². The van der Waals surface area contributed by atoms with Crippen LogP contribution in [0, 0.1) is 0 Å². The lowest BCUT2D eigenvalue weighted by Gasteiger charge is -2.04. The van der Waals surface area contributed by atoms with Gasteiger partial charge in [0.15, 0.2) is 0 Å². The van der Waals surface area contributed by atoms with Gasteiger partial charge >= 0.3 is 0 Å². The van der Waals surface area contributed by atoms with E-state index >= 15 is 0 Å². The summed E-state index contributed by atoms with van der Waals surface area (Å²) in [5.74, 6) is -0.0564. The Labute approximate surface area is 152 Å². The largest absolute Gasteiger partial charge is 0.351 e. The summed E-state index contributed by atoms with van der Waals surface area (Å²) in [5.41, 5.74) is 3.60. The third kappa shape index (κ3) is 4.68. The molecule has 0 aliphatic heterocycles. The Balaban J connectivity index is 0.00000225. The number of rotatable bonds is 6. The van der Waals surface area contributed by atoms with Gasteiger partial charge in [-0.3, -0.25) is 9.89 Å². The van der Waals surface area contributed by atoms with Gasteiger partial charge in [0.1, 0.15) is 0 Å². The molecule has 130 valence electrons. The zero-order chi connectivity index (χ0) is 16.8. The molecule has 6 heteroatoms. The molecule has 3 rings (SSSR count). The van der Waals surface area contributed by atoms with Crippen molar-refractivity contribution in [3.63, 3.8) is 0 Å². The topological polar surface area (TPSA) is 69.8 Å². The van der Waals surface area contributed by atoms with Crippen LogP contribution >= 0.6 is 12.4 Å². The Kier molecular flexibility index (Phi) is 6.74. The van der Waals surface area contributed by atoms with Crippen LogP contribution in [0.15, 0.2) is 48.5 Å². The van der Waals surface area contributed by atoms with Crippen molar-refractivity contribution in [1.82, 2.24) is 20.8 Å². The fourth-order valence-electron chi connectivity index (χ4n) is 2.44. The lowest BCUT2D eigenvalue weighted by atomic mass is 10.1. The normalized spacial score (nSPS) is 10.8. The predicted molar refractivity (Wildman–Crippen MR) is 105 cm³/mol. The van der Waals surface area contributed by atoms with Crippen LogP contribution in [0.1, 0.15) is 21.6 Å². The lowest BCUT2D eigenvalue weighted by Crippen LogP contribution is -2.30. The summed E-state index contributed by atoms with van der Waals surface area (Å²) in [6.07, 6.45) is 3.96. The van der Waals surface area contributed by atoms with Gasteiger partial charge in [0.2, 0.25) is 0 Å². The second kappa shape index (κ2) is 9.01. The minimum atomic E-state index is -0.0564. The Hall–Kier alpha value is -2.63. The van der Waals surface area contributed by atoms with Crippen molar-refractivity contribution >= 4 is 41.4 Å². The lowest BCUT2D eigenvalue weighted by molar-refractivity contribution is 0.0954. The molecule has 3 aromatic rings. The van der Waals surface area contributed by atoms with Crippen molar-refractivity contribution in [3.8, 4) is 0 Å². The fourth-order valence-corrected chi connectivity index (χ4v) is 2.44. The summed E-state index contributed by atoms with van der Waals surface area (Å²) in [4.78, 5) is 12.0. The monoisotopic (exact) mass is 356 g/mol. The molecule has 25 heavy (non-hydrogen) atoms. The molecule has 0 bridgehead atoms. The van der Waals surface area contributed by atoms with Crippen LogP contribution in [-0.2, 0) is 0 Å². The number of para-hydroxylation sites is 1. The Bertz CT molecular complexity index is 855. The number of fused-ring (bicyclic) bond motifs is 1. The van der Waals surface area contributed by atoms with Gasteiger partial charge in [-0.15, -0.1) is 12.4 Å². The number of hydrogen-bond donors (Lipinski definition) is 3. The number of hydrogen-bond acceptors (Lipinski definition) is 3. The van der Waals surface area contributed by atoms with E-state index in [1.165, 1.54) is 0 Å². The first kappa shape index (κ1) is 18.7. The van der Waals surface area contributed by atoms with Crippen LogP contribution < -0.4 is 10.6 Å². The average molecular weight is 357 g/mol. The van der Waals surface area contributed by atoms with E-state index in [9.17, 15) is 4.79 Å². The van der Waals surface area contributed by atoms with Gasteiger partial charge in [-0.1, -0.05) is 36.4 Å². The first-order chi connectivity index (χ1) is 11.8. The van der Waals surface area contributed by atoms with Gasteiger partial charge in [-0.25, -0.2) is 0 Å². The molecule has 1 aromatic heterocycles. The Morgan fingerprint density at radius 1 is 1.08 bits per heavy atom. The minimum absolute atomic E-state index is 0. The van der Waals surface area contributed by atoms with Gasteiger partial charge in [-0.05, 0) is 36.9 Å². The smallest absolute Gasteiger partial charge is 0.251 e. The SMILES string of the molecule is CNCCNC(=O)c1ccc(C=Cc2n[nH]c3ccccc23)cc1.Cl. The zero-order valence-electron chi connectivity index (χ0n) is 14.0. The number of aromatic amines is 1. The fraction of sp³-hybridized carbons (Fsp3) is 0.158. The highest BCUT2D eigenvalue weighted by molar-refractivity contribution is 5.94. The van der Waals surface area contributed by atoms with E-state index in [4.69, 9.17) is 0 Å². The molecule has 2 aromatic carbocycles. The Morgan fingerprint density at radius 3 is 2.60 bits per heavy atom. The maximum absolute atomic E-state index is 12.0. The number of carbonyl (C=O) groups excluding carboxylic acids is 1. The van der Waals surface area contributed by atoms with E-state index < -0.39 is 0 Å². The maximum Gasteiger partial charge on any atom is 0.251 e. The number of amides is 1. The van der Waals surface area contributed by atoms with Gasteiger partial charge in [0.05, 0.1) is 11.2 Å². The number of benzene rings is 2. The molecule has 3 N–H and O–H groups in total. The van der Waals surface area contributed by atoms with Crippen LogP contribution in [0.5, 0.6) is 0 Å². The maximum atomic E-state index is 12.0. The molecule has 0 spiro atoms.